The summed E-state index contributed by atoms with van der Waals surface area (Å²) in [4.78, 5) is 8.54. The van der Waals surface area contributed by atoms with Crippen LogP contribution >= 0.6 is 0 Å². The van der Waals surface area contributed by atoms with E-state index in [1.807, 2.05) is 45.0 Å². The van der Waals surface area contributed by atoms with E-state index in [1.165, 1.54) is 0 Å². The van der Waals surface area contributed by atoms with Crippen molar-refractivity contribution >= 4 is 17.3 Å². The van der Waals surface area contributed by atoms with Crippen LogP contribution in [0, 0.1) is 6.92 Å². The minimum Gasteiger partial charge on any atom is -0.492 e. The van der Waals surface area contributed by atoms with E-state index in [9.17, 15) is 0 Å². The Morgan fingerprint density at radius 2 is 1.85 bits per heavy atom. The molecule has 2 N–H and O–H groups in total. The second-order valence-corrected chi connectivity index (χ2v) is 4.28. The van der Waals surface area contributed by atoms with Crippen LogP contribution in [0.2, 0.25) is 0 Å². The van der Waals surface area contributed by atoms with Gasteiger partial charge in [0.15, 0.2) is 0 Å². The first-order valence-corrected chi connectivity index (χ1v) is 6.80. The van der Waals surface area contributed by atoms with Crippen molar-refractivity contribution in [2.24, 2.45) is 0 Å². The number of para-hydroxylation sites is 2. The summed E-state index contributed by atoms with van der Waals surface area (Å²) >= 11 is 0. The highest BCUT2D eigenvalue weighted by atomic mass is 16.5. The molecule has 5 nitrogen and oxygen atoms in total. The Morgan fingerprint density at radius 1 is 1.10 bits per heavy atom. The molecule has 0 spiro atoms. The van der Waals surface area contributed by atoms with Gasteiger partial charge in [0.2, 0.25) is 0 Å². The molecule has 0 aliphatic rings. The number of benzene rings is 1. The molecule has 2 rings (SSSR count). The quantitative estimate of drug-likeness (QED) is 0.844. The number of rotatable bonds is 6. The number of aromatic nitrogens is 2. The van der Waals surface area contributed by atoms with Crippen LogP contribution < -0.4 is 15.4 Å². The van der Waals surface area contributed by atoms with Gasteiger partial charge in [0.1, 0.15) is 23.7 Å². The average molecular weight is 272 g/mol. The summed E-state index contributed by atoms with van der Waals surface area (Å²) in [6.45, 7) is 7.45. The highest BCUT2D eigenvalue weighted by molar-refractivity contribution is 5.68. The number of anilines is 3. The SMILES string of the molecule is CCNc1ncnc(Nc2ccccc2OCC)c1C. The molecule has 5 heteroatoms. The lowest BCUT2D eigenvalue weighted by Crippen LogP contribution is -2.06. The highest BCUT2D eigenvalue weighted by Gasteiger charge is 2.09. The maximum atomic E-state index is 5.61. The van der Waals surface area contributed by atoms with Gasteiger partial charge in [-0.1, -0.05) is 12.1 Å². The van der Waals surface area contributed by atoms with E-state index >= 15 is 0 Å². The van der Waals surface area contributed by atoms with Gasteiger partial charge in [-0.05, 0) is 32.9 Å². The summed E-state index contributed by atoms with van der Waals surface area (Å²) in [6.07, 6.45) is 1.55. The monoisotopic (exact) mass is 272 g/mol. The lowest BCUT2D eigenvalue weighted by molar-refractivity contribution is 0.342. The second-order valence-electron chi connectivity index (χ2n) is 4.28. The minimum absolute atomic E-state index is 0.629. The summed E-state index contributed by atoms with van der Waals surface area (Å²) in [5, 5.41) is 6.53. The van der Waals surface area contributed by atoms with Gasteiger partial charge < -0.3 is 15.4 Å². The van der Waals surface area contributed by atoms with Gasteiger partial charge in [0.05, 0.1) is 12.3 Å². The van der Waals surface area contributed by atoms with Crippen LogP contribution in [0.15, 0.2) is 30.6 Å². The zero-order valence-corrected chi connectivity index (χ0v) is 12.1. The largest absolute Gasteiger partial charge is 0.492 e. The van der Waals surface area contributed by atoms with E-state index in [0.717, 1.165) is 35.2 Å². The van der Waals surface area contributed by atoms with E-state index in [4.69, 9.17) is 4.74 Å². The number of hydrogen-bond donors (Lipinski definition) is 2. The van der Waals surface area contributed by atoms with Crippen molar-refractivity contribution in [1.82, 2.24) is 9.97 Å². The summed E-state index contributed by atoms with van der Waals surface area (Å²) in [5.74, 6) is 2.44. The molecule has 0 amide bonds. The molecular weight excluding hydrogens is 252 g/mol. The molecular formula is C15H20N4O. The van der Waals surface area contributed by atoms with Crippen LogP contribution in [0.4, 0.5) is 17.3 Å². The molecule has 0 saturated heterocycles. The lowest BCUT2D eigenvalue weighted by atomic mass is 10.2. The van der Waals surface area contributed by atoms with E-state index in [1.54, 1.807) is 6.33 Å². The second kappa shape index (κ2) is 6.75. The zero-order chi connectivity index (χ0) is 14.4. The number of nitrogens with one attached hydrogen (secondary N) is 2. The van der Waals surface area contributed by atoms with Gasteiger partial charge in [-0.25, -0.2) is 9.97 Å². The molecule has 0 unspecified atom stereocenters. The van der Waals surface area contributed by atoms with Crippen LogP contribution in [-0.2, 0) is 0 Å². The van der Waals surface area contributed by atoms with Gasteiger partial charge in [0.25, 0.3) is 0 Å². The smallest absolute Gasteiger partial charge is 0.142 e. The number of hydrogen-bond acceptors (Lipinski definition) is 5. The van der Waals surface area contributed by atoms with E-state index in [-0.39, 0.29) is 0 Å². The van der Waals surface area contributed by atoms with Crippen molar-refractivity contribution < 1.29 is 4.74 Å². The molecule has 0 aliphatic heterocycles. The Hall–Kier alpha value is -2.30. The third-order valence-corrected chi connectivity index (χ3v) is 2.87. The van der Waals surface area contributed by atoms with Crippen molar-refractivity contribution in [3.05, 3.63) is 36.2 Å². The highest BCUT2D eigenvalue weighted by Crippen LogP contribution is 2.29. The standard InChI is InChI=1S/C15H20N4O/c1-4-16-14-11(3)15(18-10-17-14)19-12-8-6-7-9-13(12)20-5-2/h6-10H,4-5H2,1-3H3,(H2,16,17,18,19). The third kappa shape index (κ3) is 3.17. The fourth-order valence-electron chi connectivity index (χ4n) is 1.90. The molecule has 0 bridgehead atoms. The predicted octanol–water partition coefficient (Wildman–Crippen LogP) is 3.36. The van der Waals surface area contributed by atoms with Crippen molar-refractivity contribution in [1.29, 1.82) is 0 Å². The molecule has 0 radical (unpaired) electrons. The van der Waals surface area contributed by atoms with Crippen LogP contribution in [-0.4, -0.2) is 23.1 Å². The van der Waals surface area contributed by atoms with Crippen molar-refractivity contribution in [3.63, 3.8) is 0 Å². The average Bonchev–Trinajstić information content (AvgIpc) is 2.46. The zero-order valence-electron chi connectivity index (χ0n) is 12.1. The third-order valence-electron chi connectivity index (χ3n) is 2.87. The van der Waals surface area contributed by atoms with E-state index in [0.29, 0.717) is 6.61 Å². The Labute approximate surface area is 119 Å². The number of ether oxygens (including phenoxy) is 1. The fraction of sp³-hybridized carbons (Fsp3) is 0.333. The van der Waals surface area contributed by atoms with Crippen LogP contribution in [0.1, 0.15) is 19.4 Å². The molecule has 0 aliphatic carbocycles. The van der Waals surface area contributed by atoms with Crippen molar-refractivity contribution in [3.8, 4) is 5.75 Å². The lowest BCUT2D eigenvalue weighted by Gasteiger charge is -2.14. The minimum atomic E-state index is 0.629. The molecule has 1 aromatic heterocycles. The summed E-state index contributed by atoms with van der Waals surface area (Å²) in [6, 6.07) is 7.83. The Morgan fingerprint density at radius 3 is 2.60 bits per heavy atom. The molecule has 20 heavy (non-hydrogen) atoms. The predicted molar refractivity (Wildman–Crippen MR) is 81.8 cm³/mol. The summed E-state index contributed by atoms with van der Waals surface area (Å²) in [7, 11) is 0. The molecule has 0 atom stereocenters. The maximum absolute atomic E-state index is 5.61. The van der Waals surface area contributed by atoms with Gasteiger partial charge in [-0.2, -0.15) is 0 Å². The molecule has 1 aromatic carbocycles. The normalized spacial score (nSPS) is 10.2. The fourth-order valence-corrected chi connectivity index (χ4v) is 1.90. The van der Waals surface area contributed by atoms with Crippen molar-refractivity contribution in [2.45, 2.75) is 20.8 Å². The first-order valence-electron chi connectivity index (χ1n) is 6.80. The van der Waals surface area contributed by atoms with Gasteiger partial charge >= 0.3 is 0 Å². The van der Waals surface area contributed by atoms with Crippen LogP contribution in [0.3, 0.4) is 0 Å². The summed E-state index contributed by atoms with van der Waals surface area (Å²) in [5.41, 5.74) is 1.89. The maximum Gasteiger partial charge on any atom is 0.142 e. The first kappa shape index (κ1) is 14.1. The van der Waals surface area contributed by atoms with Crippen LogP contribution in [0.5, 0.6) is 5.75 Å². The summed E-state index contributed by atoms with van der Waals surface area (Å²) < 4.78 is 5.61. The van der Waals surface area contributed by atoms with Crippen molar-refractivity contribution in [2.75, 3.05) is 23.8 Å². The number of nitrogens with zero attached hydrogens (tertiary/aromatic N) is 2. The Balaban J connectivity index is 2.28. The van der Waals surface area contributed by atoms with Gasteiger partial charge in [-0.3, -0.25) is 0 Å². The van der Waals surface area contributed by atoms with Gasteiger partial charge in [-0.15, -0.1) is 0 Å². The molecule has 106 valence electrons. The Kier molecular flexibility index (Phi) is 4.76. The first-order chi connectivity index (χ1) is 9.76. The molecule has 0 fully saturated rings. The van der Waals surface area contributed by atoms with Crippen LogP contribution in [0.25, 0.3) is 0 Å². The topological polar surface area (TPSA) is 59.1 Å². The molecule has 1 heterocycles. The molecule has 0 saturated carbocycles. The van der Waals surface area contributed by atoms with E-state index in [2.05, 4.69) is 20.6 Å². The van der Waals surface area contributed by atoms with Gasteiger partial charge in [0, 0.05) is 12.1 Å². The van der Waals surface area contributed by atoms with E-state index < -0.39 is 0 Å². The molecule has 2 aromatic rings. The Bertz CT molecular complexity index is 572.